The van der Waals surface area contributed by atoms with Gasteiger partial charge < -0.3 is 9.64 Å². The molecule has 0 aliphatic carbocycles. The van der Waals surface area contributed by atoms with Crippen LogP contribution in [0.5, 0.6) is 0 Å². The molecule has 2 rings (SSSR count). The first-order valence-corrected chi connectivity index (χ1v) is 7.07. The minimum absolute atomic E-state index is 0.0729. The largest absolute Gasteiger partial charge is 0.377 e. The van der Waals surface area contributed by atoms with Gasteiger partial charge in [-0.15, -0.1) is 0 Å². The van der Waals surface area contributed by atoms with Crippen LogP contribution in [0, 0.1) is 11.6 Å². The maximum Gasteiger partial charge on any atom is 0.241 e. The lowest BCUT2D eigenvalue weighted by Gasteiger charge is -2.27. The zero-order valence-electron chi connectivity index (χ0n) is 12.4. The third kappa shape index (κ3) is 3.39. The fourth-order valence-corrected chi connectivity index (χ4v) is 2.54. The number of nitrogens with zero attached hydrogens (tertiary/aromatic N) is 1. The lowest BCUT2D eigenvalue weighted by molar-refractivity contribution is -0.131. The maximum absolute atomic E-state index is 13.4. The molecule has 0 saturated carbocycles. The van der Waals surface area contributed by atoms with Crippen LogP contribution >= 0.6 is 0 Å². The van der Waals surface area contributed by atoms with Gasteiger partial charge in [0.25, 0.3) is 0 Å². The van der Waals surface area contributed by atoms with Crippen molar-refractivity contribution in [2.75, 3.05) is 13.2 Å². The fraction of sp³-hybridized carbons (Fsp3) is 0.533. The molecule has 0 spiro atoms. The van der Waals surface area contributed by atoms with E-state index >= 15 is 0 Å². The van der Waals surface area contributed by atoms with Gasteiger partial charge in [0.2, 0.25) is 5.91 Å². The second kappa shape index (κ2) is 6.49. The third-order valence-electron chi connectivity index (χ3n) is 3.54. The van der Waals surface area contributed by atoms with E-state index in [1.807, 2.05) is 13.8 Å². The van der Waals surface area contributed by atoms with Crippen molar-refractivity contribution in [3.05, 3.63) is 35.4 Å². The van der Waals surface area contributed by atoms with Crippen LogP contribution in [-0.4, -0.2) is 36.1 Å². The van der Waals surface area contributed by atoms with Gasteiger partial charge in [-0.2, -0.15) is 0 Å². The molecule has 1 fully saturated rings. The molecule has 21 heavy (non-hydrogen) atoms. The van der Waals surface area contributed by atoms with Gasteiger partial charge in [0.1, 0.15) is 6.17 Å². The average Bonchev–Trinajstić information content (AvgIpc) is 2.70. The zero-order valence-corrected chi connectivity index (χ0v) is 12.4. The van der Waals surface area contributed by atoms with E-state index in [9.17, 15) is 13.6 Å². The van der Waals surface area contributed by atoms with Crippen molar-refractivity contribution in [3.63, 3.8) is 0 Å². The molecule has 6 heteroatoms. The molecule has 4 nitrogen and oxygen atoms in total. The summed E-state index contributed by atoms with van der Waals surface area (Å²) in [5, 5.41) is 3.10. The number of benzene rings is 1. The first-order chi connectivity index (χ1) is 9.93. The Hall–Kier alpha value is -1.53. The second-order valence-electron chi connectivity index (χ2n) is 5.22. The highest BCUT2D eigenvalue weighted by Crippen LogP contribution is 2.26. The number of hydrogen-bond donors (Lipinski definition) is 1. The predicted molar refractivity (Wildman–Crippen MR) is 74.5 cm³/mol. The summed E-state index contributed by atoms with van der Waals surface area (Å²) < 4.78 is 31.9. The molecule has 1 aliphatic rings. The first-order valence-electron chi connectivity index (χ1n) is 7.07. The van der Waals surface area contributed by atoms with Crippen molar-refractivity contribution >= 4 is 5.91 Å². The smallest absolute Gasteiger partial charge is 0.241 e. The molecule has 116 valence electrons. The van der Waals surface area contributed by atoms with Crippen molar-refractivity contribution < 1.29 is 18.3 Å². The van der Waals surface area contributed by atoms with Crippen LogP contribution in [0.1, 0.15) is 32.5 Å². The summed E-state index contributed by atoms with van der Waals surface area (Å²) in [6.45, 7) is 6.47. The van der Waals surface area contributed by atoms with E-state index in [1.54, 1.807) is 11.8 Å². The molecule has 1 heterocycles. The number of rotatable bonds is 5. The molecule has 1 saturated heterocycles. The van der Waals surface area contributed by atoms with E-state index in [4.69, 9.17) is 4.74 Å². The molecule has 1 aliphatic heterocycles. The predicted octanol–water partition coefficient (Wildman–Crippen LogP) is 2.21. The van der Waals surface area contributed by atoms with Gasteiger partial charge in [0.05, 0.1) is 12.1 Å². The van der Waals surface area contributed by atoms with Gasteiger partial charge in [-0.3, -0.25) is 10.1 Å². The molecule has 0 radical (unpaired) electrons. The SMILES string of the molecule is CCOC(C)CN1C(=O)C(C)NC1c1ccc(F)c(F)c1. The average molecular weight is 298 g/mol. The van der Waals surface area contributed by atoms with E-state index < -0.39 is 17.8 Å². The maximum atomic E-state index is 13.4. The minimum atomic E-state index is -0.917. The number of hydrogen-bond acceptors (Lipinski definition) is 3. The summed E-state index contributed by atoms with van der Waals surface area (Å²) in [5.74, 6) is -1.89. The Balaban J connectivity index is 2.22. The van der Waals surface area contributed by atoms with Gasteiger partial charge in [-0.1, -0.05) is 6.07 Å². The molecule has 0 aromatic heterocycles. The van der Waals surface area contributed by atoms with Gasteiger partial charge in [-0.25, -0.2) is 8.78 Å². The molecule has 3 unspecified atom stereocenters. The van der Waals surface area contributed by atoms with E-state index in [0.717, 1.165) is 12.1 Å². The topological polar surface area (TPSA) is 41.6 Å². The van der Waals surface area contributed by atoms with Crippen molar-refractivity contribution in [2.24, 2.45) is 0 Å². The standard InChI is InChI=1S/C15H20F2N2O2/c1-4-21-9(2)8-19-14(18-10(3)15(19)20)11-5-6-12(16)13(17)7-11/h5-7,9-10,14,18H,4,8H2,1-3H3. The highest BCUT2D eigenvalue weighted by atomic mass is 19.2. The van der Waals surface area contributed by atoms with Crippen LogP contribution in [-0.2, 0) is 9.53 Å². The first kappa shape index (κ1) is 15.9. The Morgan fingerprint density at radius 2 is 2.10 bits per heavy atom. The van der Waals surface area contributed by atoms with E-state index in [-0.39, 0.29) is 18.1 Å². The Morgan fingerprint density at radius 3 is 2.71 bits per heavy atom. The number of nitrogens with one attached hydrogen (secondary N) is 1. The molecule has 1 aromatic carbocycles. The fourth-order valence-electron chi connectivity index (χ4n) is 2.54. The van der Waals surface area contributed by atoms with Crippen LogP contribution in [0.15, 0.2) is 18.2 Å². The highest BCUT2D eigenvalue weighted by Gasteiger charge is 2.37. The summed E-state index contributed by atoms with van der Waals surface area (Å²) in [6, 6.07) is 3.32. The van der Waals surface area contributed by atoms with Crippen LogP contribution in [0.2, 0.25) is 0 Å². The van der Waals surface area contributed by atoms with Crippen LogP contribution in [0.4, 0.5) is 8.78 Å². The van der Waals surface area contributed by atoms with Gasteiger partial charge in [0.15, 0.2) is 11.6 Å². The minimum Gasteiger partial charge on any atom is -0.377 e. The summed E-state index contributed by atoms with van der Waals surface area (Å²) in [7, 11) is 0. The number of carbonyl (C=O) groups excluding carboxylic acids is 1. The van der Waals surface area contributed by atoms with Crippen LogP contribution in [0.3, 0.4) is 0 Å². The quantitative estimate of drug-likeness (QED) is 0.906. The Kier molecular flexibility index (Phi) is 4.90. The van der Waals surface area contributed by atoms with E-state index in [2.05, 4.69) is 5.32 Å². The Bertz CT molecular complexity index is 524. The van der Waals surface area contributed by atoms with Crippen molar-refractivity contribution in [2.45, 2.75) is 39.1 Å². The van der Waals surface area contributed by atoms with Crippen molar-refractivity contribution in [1.82, 2.24) is 10.2 Å². The Morgan fingerprint density at radius 1 is 1.38 bits per heavy atom. The summed E-state index contributed by atoms with van der Waals surface area (Å²) in [6.07, 6.45) is -0.593. The van der Waals surface area contributed by atoms with Crippen LogP contribution < -0.4 is 5.32 Å². The molecular weight excluding hydrogens is 278 g/mol. The van der Waals surface area contributed by atoms with Gasteiger partial charge in [0, 0.05) is 13.2 Å². The second-order valence-corrected chi connectivity index (χ2v) is 5.22. The van der Waals surface area contributed by atoms with Crippen molar-refractivity contribution in [3.8, 4) is 0 Å². The van der Waals surface area contributed by atoms with E-state index in [0.29, 0.717) is 18.7 Å². The van der Waals surface area contributed by atoms with Gasteiger partial charge >= 0.3 is 0 Å². The van der Waals surface area contributed by atoms with E-state index in [1.165, 1.54) is 6.07 Å². The summed E-state index contributed by atoms with van der Waals surface area (Å²) in [5.41, 5.74) is 0.523. The molecular formula is C15H20F2N2O2. The lowest BCUT2D eigenvalue weighted by Crippen LogP contribution is -2.37. The molecule has 1 N–H and O–H groups in total. The number of amides is 1. The number of carbonyl (C=O) groups is 1. The third-order valence-corrected chi connectivity index (χ3v) is 3.54. The van der Waals surface area contributed by atoms with Crippen LogP contribution in [0.25, 0.3) is 0 Å². The molecule has 1 aromatic rings. The number of ether oxygens (including phenoxy) is 1. The molecule has 3 atom stereocenters. The summed E-state index contributed by atoms with van der Waals surface area (Å²) >= 11 is 0. The van der Waals surface area contributed by atoms with Gasteiger partial charge in [-0.05, 0) is 38.5 Å². The van der Waals surface area contributed by atoms with Crippen molar-refractivity contribution in [1.29, 1.82) is 0 Å². The monoisotopic (exact) mass is 298 g/mol. The molecule has 1 amide bonds. The lowest BCUT2D eigenvalue weighted by atomic mass is 10.1. The highest BCUT2D eigenvalue weighted by molar-refractivity contribution is 5.84. The zero-order chi connectivity index (χ0) is 15.6. The number of halogens is 2. The normalized spacial score (nSPS) is 23.7. The molecule has 0 bridgehead atoms. The summed E-state index contributed by atoms with van der Waals surface area (Å²) in [4.78, 5) is 13.8. The Labute approximate surface area is 123 Å².